The average molecular weight is 669 g/mol. The summed E-state index contributed by atoms with van der Waals surface area (Å²) in [6.07, 6.45) is 0. The molecule has 4 nitrogen and oxygen atoms in total. The number of thiophene rings is 1. The second kappa shape index (κ2) is 11.0. The van der Waals surface area contributed by atoms with Crippen LogP contribution in [0.5, 0.6) is 0 Å². The molecule has 0 atom stereocenters. The number of fused-ring (bicyclic) bond motifs is 9. The smallest absolute Gasteiger partial charge is 0.235 e. The van der Waals surface area contributed by atoms with Crippen molar-refractivity contribution >= 4 is 75.1 Å². The molecule has 0 unspecified atom stereocenters. The molecule has 0 fully saturated rings. The fourth-order valence-electron chi connectivity index (χ4n) is 7.84. The molecule has 0 saturated heterocycles. The molecule has 11 aromatic rings. The first-order valence-corrected chi connectivity index (χ1v) is 18.0. The number of para-hydroxylation sites is 4. The van der Waals surface area contributed by atoms with Crippen molar-refractivity contribution < 1.29 is 0 Å². The third-order valence-electron chi connectivity index (χ3n) is 10.2. The first-order chi connectivity index (χ1) is 25.3. The molecular formula is C46H28N4S. The summed E-state index contributed by atoms with van der Waals surface area (Å²) in [6, 6.07) is 60.6. The van der Waals surface area contributed by atoms with Crippen molar-refractivity contribution in [2.24, 2.45) is 0 Å². The highest BCUT2D eigenvalue weighted by Crippen LogP contribution is 2.40. The predicted molar refractivity (Wildman–Crippen MR) is 214 cm³/mol. The standard InChI is InChI=1S/C46H28N4S/c1-2-12-29(13-3-1)38-28-39(48-46(47-38)50-42-20-10-6-16-34(42)35-17-7-11-21-43(35)50)30-22-25-44-37(26-30)36-24-23-31(27-45(36)51-44)49-40-18-8-4-14-32(40)33-15-5-9-19-41(33)49/h1-28H. The van der Waals surface area contributed by atoms with E-state index in [4.69, 9.17) is 9.97 Å². The molecule has 238 valence electrons. The van der Waals surface area contributed by atoms with Gasteiger partial charge in [-0.2, -0.15) is 0 Å². The zero-order valence-corrected chi connectivity index (χ0v) is 28.2. The Labute approximate surface area is 297 Å². The van der Waals surface area contributed by atoms with E-state index in [1.54, 1.807) is 0 Å². The highest BCUT2D eigenvalue weighted by molar-refractivity contribution is 7.25. The van der Waals surface area contributed by atoms with E-state index >= 15 is 0 Å². The van der Waals surface area contributed by atoms with Gasteiger partial charge in [0.05, 0.1) is 33.5 Å². The lowest BCUT2D eigenvalue weighted by Crippen LogP contribution is -2.03. The van der Waals surface area contributed by atoms with Crippen LogP contribution in [0.25, 0.3) is 97.9 Å². The van der Waals surface area contributed by atoms with Gasteiger partial charge >= 0.3 is 0 Å². The van der Waals surface area contributed by atoms with Crippen LogP contribution in [0.15, 0.2) is 170 Å². The van der Waals surface area contributed by atoms with Gasteiger partial charge < -0.3 is 4.57 Å². The fraction of sp³-hybridized carbons (Fsp3) is 0. The summed E-state index contributed by atoms with van der Waals surface area (Å²) < 4.78 is 7.12. The zero-order chi connectivity index (χ0) is 33.5. The Balaban J connectivity index is 1.10. The minimum Gasteiger partial charge on any atom is -0.309 e. The molecule has 4 heterocycles. The Morgan fingerprint density at radius 3 is 1.49 bits per heavy atom. The van der Waals surface area contributed by atoms with Crippen LogP contribution in [-0.4, -0.2) is 19.1 Å². The molecule has 0 aliphatic carbocycles. The summed E-state index contributed by atoms with van der Waals surface area (Å²) in [5.74, 6) is 0.662. The molecule has 51 heavy (non-hydrogen) atoms. The van der Waals surface area contributed by atoms with E-state index in [0.717, 1.165) is 33.5 Å². The second-order valence-electron chi connectivity index (χ2n) is 13.0. The molecule has 0 radical (unpaired) electrons. The minimum atomic E-state index is 0.662. The van der Waals surface area contributed by atoms with Gasteiger partial charge in [-0.25, -0.2) is 9.97 Å². The van der Waals surface area contributed by atoms with Crippen molar-refractivity contribution in [3.63, 3.8) is 0 Å². The van der Waals surface area contributed by atoms with Crippen molar-refractivity contribution in [1.82, 2.24) is 19.1 Å². The maximum absolute atomic E-state index is 5.30. The molecule has 5 heteroatoms. The average Bonchev–Trinajstić information content (AvgIpc) is 3.85. The number of rotatable bonds is 4. The Kier molecular flexibility index (Phi) is 6.09. The lowest BCUT2D eigenvalue weighted by molar-refractivity contribution is 0.996. The molecule has 7 aromatic carbocycles. The van der Waals surface area contributed by atoms with Gasteiger partial charge in [0, 0.05) is 58.5 Å². The molecule has 0 amide bonds. The zero-order valence-electron chi connectivity index (χ0n) is 27.4. The van der Waals surface area contributed by atoms with E-state index < -0.39 is 0 Å². The topological polar surface area (TPSA) is 35.6 Å². The summed E-state index contributed by atoms with van der Waals surface area (Å²) in [5, 5.41) is 7.41. The largest absolute Gasteiger partial charge is 0.309 e. The number of hydrogen-bond donors (Lipinski definition) is 0. The Morgan fingerprint density at radius 1 is 0.353 bits per heavy atom. The van der Waals surface area contributed by atoms with Crippen molar-refractivity contribution in [3.05, 3.63) is 170 Å². The molecule has 0 spiro atoms. The van der Waals surface area contributed by atoms with E-state index in [9.17, 15) is 0 Å². The van der Waals surface area contributed by atoms with E-state index in [0.29, 0.717) is 5.95 Å². The lowest BCUT2D eigenvalue weighted by Gasteiger charge is -2.12. The van der Waals surface area contributed by atoms with Crippen LogP contribution in [0.3, 0.4) is 0 Å². The maximum Gasteiger partial charge on any atom is 0.235 e. The van der Waals surface area contributed by atoms with Crippen LogP contribution in [-0.2, 0) is 0 Å². The summed E-state index contributed by atoms with van der Waals surface area (Å²) in [7, 11) is 0. The fourth-order valence-corrected chi connectivity index (χ4v) is 8.96. The number of hydrogen-bond acceptors (Lipinski definition) is 3. The molecular weight excluding hydrogens is 641 g/mol. The molecule has 4 aromatic heterocycles. The summed E-state index contributed by atoms with van der Waals surface area (Å²) in [6.45, 7) is 0. The van der Waals surface area contributed by atoms with Crippen molar-refractivity contribution in [3.8, 4) is 34.2 Å². The first kappa shape index (κ1) is 28.3. The normalized spacial score (nSPS) is 11.9. The van der Waals surface area contributed by atoms with Crippen LogP contribution in [0.1, 0.15) is 0 Å². The molecule has 11 rings (SSSR count). The Morgan fingerprint density at radius 2 is 0.882 bits per heavy atom. The van der Waals surface area contributed by atoms with Gasteiger partial charge in [-0.05, 0) is 54.6 Å². The van der Waals surface area contributed by atoms with Crippen LogP contribution in [0.2, 0.25) is 0 Å². The van der Waals surface area contributed by atoms with Gasteiger partial charge in [0.1, 0.15) is 0 Å². The monoisotopic (exact) mass is 668 g/mol. The van der Waals surface area contributed by atoms with Gasteiger partial charge in [-0.3, -0.25) is 4.57 Å². The first-order valence-electron chi connectivity index (χ1n) is 17.2. The van der Waals surface area contributed by atoms with E-state index in [2.05, 4.69) is 173 Å². The van der Waals surface area contributed by atoms with E-state index in [-0.39, 0.29) is 0 Å². The SMILES string of the molecule is c1ccc(-c2cc(-c3ccc4sc5cc(-n6c7ccccc7c7ccccc76)ccc5c4c3)nc(-n3c4ccccc4c4ccccc43)n2)cc1. The lowest BCUT2D eigenvalue weighted by atomic mass is 10.0. The summed E-state index contributed by atoms with van der Waals surface area (Å²) in [4.78, 5) is 10.5. The highest BCUT2D eigenvalue weighted by atomic mass is 32.1. The molecule has 0 saturated carbocycles. The van der Waals surface area contributed by atoms with Crippen LogP contribution in [0.4, 0.5) is 0 Å². The second-order valence-corrected chi connectivity index (χ2v) is 14.1. The van der Waals surface area contributed by atoms with Gasteiger partial charge in [0.25, 0.3) is 0 Å². The van der Waals surface area contributed by atoms with Crippen molar-refractivity contribution in [2.75, 3.05) is 0 Å². The maximum atomic E-state index is 5.30. The third kappa shape index (κ3) is 4.32. The third-order valence-corrected chi connectivity index (χ3v) is 11.3. The highest BCUT2D eigenvalue weighted by Gasteiger charge is 2.18. The van der Waals surface area contributed by atoms with Crippen molar-refractivity contribution in [2.45, 2.75) is 0 Å². The Hall–Kier alpha value is -6.56. The van der Waals surface area contributed by atoms with E-state index in [1.807, 2.05) is 17.4 Å². The van der Waals surface area contributed by atoms with Crippen molar-refractivity contribution in [1.29, 1.82) is 0 Å². The summed E-state index contributed by atoms with van der Waals surface area (Å²) >= 11 is 1.84. The van der Waals surface area contributed by atoms with Crippen LogP contribution >= 0.6 is 11.3 Å². The molecule has 0 N–H and O–H groups in total. The molecule has 0 aliphatic heterocycles. The number of benzene rings is 7. The van der Waals surface area contributed by atoms with E-state index in [1.165, 1.54) is 58.4 Å². The molecule has 0 bridgehead atoms. The Bertz CT molecular complexity index is 3040. The predicted octanol–water partition coefficient (Wildman–Crippen LogP) is 12.4. The minimum absolute atomic E-state index is 0.662. The van der Waals surface area contributed by atoms with Crippen LogP contribution in [0, 0.1) is 0 Å². The number of nitrogens with zero attached hydrogens (tertiary/aromatic N) is 4. The number of aromatic nitrogens is 4. The van der Waals surface area contributed by atoms with Gasteiger partial charge in [-0.1, -0.05) is 115 Å². The van der Waals surface area contributed by atoms with Crippen LogP contribution < -0.4 is 0 Å². The van der Waals surface area contributed by atoms with Gasteiger partial charge in [0.2, 0.25) is 5.95 Å². The molecule has 0 aliphatic rings. The van der Waals surface area contributed by atoms with Gasteiger partial charge in [-0.15, -0.1) is 11.3 Å². The summed E-state index contributed by atoms with van der Waals surface area (Å²) in [5.41, 5.74) is 9.70. The van der Waals surface area contributed by atoms with Gasteiger partial charge in [0.15, 0.2) is 0 Å². The quantitative estimate of drug-likeness (QED) is 0.187.